The van der Waals surface area contributed by atoms with E-state index in [0.29, 0.717) is 6.08 Å². The summed E-state index contributed by atoms with van der Waals surface area (Å²) < 4.78 is 85.6. The van der Waals surface area contributed by atoms with Crippen molar-refractivity contribution in [3.63, 3.8) is 0 Å². The summed E-state index contributed by atoms with van der Waals surface area (Å²) in [6.07, 6.45) is -11.8. The summed E-state index contributed by atoms with van der Waals surface area (Å²) in [4.78, 5) is 0. The molecule has 0 heterocycles. The monoisotopic (exact) mass is 226 g/mol. The molecular formula is C6H5F7O. The van der Waals surface area contributed by atoms with Gasteiger partial charge in [0.15, 0.2) is 0 Å². The molecule has 8 heteroatoms. The number of ether oxygens (including phenoxy) is 1. The van der Waals surface area contributed by atoms with Gasteiger partial charge in [0.2, 0.25) is 0 Å². The van der Waals surface area contributed by atoms with Gasteiger partial charge in [0.25, 0.3) is 0 Å². The van der Waals surface area contributed by atoms with Gasteiger partial charge in [-0.2, -0.15) is 30.7 Å². The maximum absolute atomic E-state index is 12.5. The van der Waals surface area contributed by atoms with E-state index in [4.69, 9.17) is 0 Å². The van der Waals surface area contributed by atoms with Crippen molar-refractivity contribution < 1.29 is 35.5 Å². The lowest BCUT2D eigenvalue weighted by Crippen LogP contribution is -2.55. The molecule has 0 aromatic heterocycles. The van der Waals surface area contributed by atoms with E-state index in [0.717, 1.165) is 0 Å². The fourth-order valence-electron chi connectivity index (χ4n) is 0.498. The van der Waals surface area contributed by atoms with Crippen LogP contribution in [-0.2, 0) is 4.74 Å². The number of rotatable bonds is 3. The highest BCUT2D eigenvalue weighted by Gasteiger charge is 2.74. The molecule has 0 bridgehead atoms. The maximum atomic E-state index is 12.5. The minimum absolute atomic E-state index is 0.575. The molecule has 0 aromatic carbocycles. The van der Waals surface area contributed by atoms with Crippen LogP contribution >= 0.6 is 0 Å². The molecular weight excluding hydrogens is 221 g/mol. The fraction of sp³-hybridized carbons (Fsp3) is 0.667. The average Bonchev–Trinajstić information content (AvgIpc) is 1.95. The third-order valence-electron chi connectivity index (χ3n) is 1.13. The second-order valence-corrected chi connectivity index (χ2v) is 2.19. The molecule has 0 amide bonds. The lowest BCUT2D eigenvalue weighted by Gasteiger charge is -2.28. The van der Waals surface area contributed by atoms with E-state index in [1.807, 2.05) is 0 Å². The van der Waals surface area contributed by atoms with Gasteiger partial charge in [-0.15, -0.1) is 6.58 Å². The van der Waals surface area contributed by atoms with Crippen LogP contribution < -0.4 is 0 Å². The smallest absolute Gasteiger partial charge is 0.328 e. The first-order valence-electron chi connectivity index (χ1n) is 3.13. The van der Waals surface area contributed by atoms with Crippen LogP contribution in [0.5, 0.6) is 0 Å². The van der Waals surface area contributed by atoms with Crippen LogP contribution in [0.15, 0.2) is 12.7 Å². The number of hydrogen-bond donors (Lipinski definition) is 0. The van der Waals surface area contributed by atoms with E-state index >= 15 is 0 Å². The highest BCUT2D eigenvalue weighted by molar-refractivity contribution is 4.86. The molecule has 0 radical (unpaired) electrons. The van der Waals surface area contributed by atoms with E-state index in [1.165, 1.54) is 0 Å². The first-order chi connectivity index (χ1) is 6.06. The van der Waals surface area contributed by atoms with E-state index in [2.05, 4.69) is 11.3 Å². The average molecular weight is 226 g/mol. The van der Waals surface area contributed by atoms with Gasteiger partial charge in [0.1, 0.15) is 0 Å². The molecule has 0 unspecified atom stereocenters. The van der Waals surface area contributed by atoms with Crippen molar-refractivity contribution in [3.8, 4) is 0 Å². The van der Waals surface area contributed by atoms with Crippen molar-refractivity contribution in [2.24, 2.45) is 0 Å². The van der Waals surface area contributed by atoms with Crippen molar-refractivity contribution in [1.29, 1.82) is 0 Å². The number of hydrogen-bond acceptors (Lipinski definition) is 1. The largest absolute Gasteiger partial charge is 0.458 e. The van der Waals surface area contributed by atoms with Crippen LogP contribution in [-0.4, -0.2) is 24.8 Å². The number of halogens is 7. The third kappa shape index (κ3) is 2.37. The van der Waals surface area contributed by atoms with Gasteiger partial charge in [0.05, 0.1) is 6.61 Å². The summed E-state index contributed by atoms with van der Waals surface area (Å²) in [5.41, 5.74) is 0. The maximum Gasteiger partial charge on any atom is 0.458 e. The van der Waals surface area contributed by atoms with Crippen molar-refractivity contribution in [2.75, 3.05) is 6.61 Å². The van der Waals surface area contributed by atoms with Crippen LogP contribution in [0, 0.1) is 0 Å². The fourth-order valence-corrected chi connectivity index (χ4v) is 0.498. The molecule has 0 aliphatic heterocycles. The normalized spacial score (nSPS) is 14.2. The van der Waals surface area contributed by atoms with E-state index < -0.39 is 24.8 Å². The van der Waals surface area contributed by atoms with Gasteiger partial charge in [-0.05, 0) is 0 Å². The van der Waals surface area contributed by atoms with Crippen LogP contribution in [0.25, 0.3) is 0 Å². The minimum Gasteiger partial charge on any atom is -0.328 e. The Kier molecular flexibility index (Phi) is 3.54. The van der Waals surface area contributed by atoms with Crippen molar-refractivity contribution >= 4 is 0 Å². The molecule has 1 nitrogen and oxygen atoms in total. The first kappa shape index (κ1) is 13.2. The topological polar surface area (TPSA) is 9.23 Å². The Bertz CT molecular complexity index is 189. The molecule has 14 heavy (non-hydrogen) atoms. The lowest BCUT2D eigenvalue weighted by atomic mass is 10.3. The van der Waals surface area contributed by atoms with E-state index in [-0.39, 0.29) is 0 Å². The van der Waals surface area contributed by atoms with Crippen molar-refractivity contribution in [3.05, 3.63) is 12.7 Å². The molecule has 0 N–H and O–H groups in total. The van der Waals surface area contributed by atoms with Gasteiger partial charge in [-0.1, -0.05) is 6.08 Å². The van der Waals surface area contributed by atoms with Crippen LogP contribution in [0.4, 0.5) is 30.7 Å². The van der Waals surface area contributed by atoms with E-state index in [1.54, 1.807) is 0 Å². The second kappa shape index (κ2) is 3.76. The van der Waals surface area contributed by atoms with Crippen molar-refractivity contribution in [2.45, 2.75) is 18.2 Å². The Morgan fingerprint density at radius 2 is 1.29 bits per heavy atom. The van der Waals surface area contributed by atoms with Gasteiger partial charge in [-0.25, -0.2) is 0 Å². The predicted octanol–water partition coefficient (Wildman–Crippen LogP) is 2.98. The highest BCUT2D eigenvalue weighted by atomic mass is 19.4. The van der Waals surface area contributed by atoms with Gasteiger partial charge < -0.3 is 4.74 Å². The quantitative estimate of drug-likeness (QED) is 0.531. The zero-order valence-electron chi connectivity index (χ0n) is 6.55. The van der Waals surface area contributed by atoms with Gasteiger partial charge >= 0.3 is 18.2 Å². The molecule has 0 aliphatic carbocycles. The molecule has 0 fully saturated rings. The van der Waals surface area contributed by atoms with Crippen LogP contribution in [0.1, 0.15) is 0 Å². The third-order valence-corrected chi connectivity index (χ3v) is 1.13. The first-order valence-corrected chi connectivity index (χ1v) is 3.13. The summed E-state index contributed by atoms with van der Waals surface area (Å²) in [5, 5.41) is 0. The molecule has 0 saturated heterocycles. The zero-order chi connectivity index (χ0) is 11.6. The molecule has 0 aromatic rings. The SMILES string of the molecule is C=CCOC(F)(C(F)(F)F)C(F)(F)F. The van der Waals surface area contributed by atoms with E-state index in [9.17, 15) is 30.7 Å². The highest BCUT2D eigenvalue weighted by Crippen LogP contribution is 2.46. The Balaban J connectivity index is 4.96. The predicted molar refractivity (Wildman–Crippen MR) is 32.1 cm³/mol. The summed E-state index contributed by atoms with van der Waals surface area (Å²) >= 11 is 0. The Morgan fingerprint density at radius 1 is 0.929 bits per heavy atom. The molecule has 0 rings (SSSR count). The molecule has 0 spiro atoms. The Labute approximate surface area is 74.1 Å². The summed E-state index contributed by atoms with van der Waals surface area (Å²) in [6.45, 7) is 1.60. The number of alkyl halides is 7. The van der Waals surface area contributed by atoms with Gasteiger partial charge in [0, 0.05) is 0 Å². The second-order valence-electron chi connectivity index (χ2n) is 2.19. The molecule has 84 valence electrons. The molecule has 0 aliphatic rings. The summed E-state index contributed by atoms with van der Waals surface area (Å²) in [6, 6.07) is 0. The summed E-state index contributed by atoms with van der Waals surface area (Å²) in [7, 11) is 0. The Morgan fingerprint density at radius 3 is 1.50 bits per heavy atom. The van der Waals surface area contributed by atoms with Crippen molar-refractivity contribution in [1.82, 2.24) is 0 Å². The summed E-state index contributed by atoms with van der Waals surface area (Å²) in [5.74, 6) is -5.64. The Hall–Kier alpha value is -0.790. The standard InChI is InChI=1S/C6H5F7O/c1-2-3-14-4(7,5(8,9)10)6(11,12)13/h2H,1,3H2. The minimum atomic E-state index is -6.17. The van der Waals surface area contributed by atoms with Crippen LogP contribution in [0.3, 0.4) is 0 Å². The lowest BCUT2D eigenvalue weighted by molar-refractivity contribution is -0.427. The molecule has 0 atom stereocenters. The van der Waals surface area contributed by atoms with Crippen LogP contribution in [0.2, 0.25) is 0 Å². The zero-order valence-corrected chi connectivity index (χ0v) is 6.55. The van der Waals surface area contributed by atoms with Gasteiger partial charge in [-0.3, -0.25) is 0 Å². The molecule has 0 saturated carbocycles.